The van der Waals surface area contributed by atoms with E-state index in [0.29, 0.717) is 24.2 Å². The summed E-state index contributed by atoms with van der Waals surface area (Å²) in [7, 11) is -2.99. The van der Waals surface area contributed by atoms with Crippen molar-refractivity contribution in [2.45, 2.75) is 49.9 Å². The third-order valence-electron chi connectivity index (χ3n) is 5.37. The Morgan fingerprint density at radius 3 is 2.58 bits per heavy atom. The number of likely N-dealkylation sites (tertiary alicyclic amines) is 1. The predicted octanol–water partition coefficient (Wildman–Crippen LogP) is 1.52. The minimum atomic E-state index is -2.99. The summed E-state index contributed by atoms with van der Waals surface area (Å²) in [6.07, 6.45) is 4.48. The second-order valence-electron chi connectivity index (χ2n) is 7.39. The van der Waals surface area contributed by atoms with E-state index in [1.165, 1.54) is 5.56 Å². The van der Waals surface area contributed by atoms with Crippen molar-refractivity contribution in [3.05, 3.63) is 35.9 Å². The molecule has 0 bridgehead atoms. The smallest absolute Gasteiger partial charge is 0.188 e. The van der Waals surface area contributed by atoms with Gasteiger partial charge in [0.1, 0.15) is 0 Å². The minimum absolute atomic E-state index is 0.286. The Balaban J connectivity index is 1.42. The summed E-state index contributed by atoms with van der Waals surface area (Å²) in [4.78, 5) is 6.77. The standard InChI is InChI=1S/C19H30N4O2S/c20-19(21-14-18-8-4-5-13-26(18,24)25)22-17-9-11-23(12-10-17)15-16-6-2-1-3-7-16/h1-3,6-7,17-18H,4-5,8-15H2,(H3,20,21,22). The quantitative estimate of drug-likeness (QED) is 0.599. The SMILES string of the molecule is NC(=NCC1CCCCS1(=O)=O)NC1CCN(Cc2ccccc2)CC1. The number of aliphatic imine (C=N–C) groups is 1. The lowest BCUT2D eigenvalue weighted by atomic mass is 10.0. The number of nitrogens with one attached hydrogen (secondary N) is 1. The monoisotopic (exact) mass is 378 g/mol. The molecule has 144 valence electrons. The maximum atomic E-state index is 12.0. The summed E-state index contributed by atoms with van der Waals surface area (Å²) in [6.45, 7) is 3.32. The van der Waals surface area contributed by atoms with Gasteiger partial charge in [0.2, 0.25) is 0 Å². The van der Waals surface area contributed by atoms with Gasteiger partial charge in [0.15, 0.2) is 15.8 Å². The van der Waals surface area contributed by atoms with Crippen LogP contribution in [0.5, 0.6) is 0 Å². The van der Waals surface area contributed by atoms with Gasteiger partial charge in [0.05, 0.1) is 17.5 Å². The van der Waals surface area contributed by atoms with Gasteiger partial charge >= 0.3 is 0 Å². The Kier molecular flexibility index (Phi) is 6.53. The minimum Gasteiger partial charge on any atom is -0.370 e. The second-order valence-corrected chi connectivity index (χ2v) is 9.79. The molecule has 0 amide bonds. The Morgan fingerprint density at radius 2 is 1.88 bits per heavy atom. The number of guanidine groups is 1. The molecule has 2 saturated heterocycles. The van der Waals surface area contributed by atoms with Gasteiger partial charge in [-0.3, -0.25) is 9.89 Å². The van der Waals surface area contributed by atoms with Crippen molar-refractivity contribution in [1.82, 2.24) is 10.2 Å². The first-order valence-corrected chi connectivity index (χ1v) is 11.3. The molecule has 1 atom stereocenters. The third-order valence-corrected chi connectivity index (χ3v) is 7.62. The molecule has 2 aliphatic rings. The zero-order valence-corrected chi connectivity index (χ0v) is 16.1. The third kappa shape index (κ3) is 5.45. The number of rotatable bonds is 5. The first kappa shape index (κ1) is 19.2. The summed E-state index contributed by atoms with van der Waals surface area (Å²) in [5.74, 6) is 0.674. The van der Waals surface area contributed by atoms with Crippen molar-refractivity contribution < 1.29 is 8.42 Å². The fourth-order valence-electron chi connectivity index (χ4n) is 3.76. The van der Waals surface area contributed by atoms with Gasteiger partial charge in [-0.05, 0) is 31.2 Å². The van der Waals surface area contributed by atoms with E-state index in [4.69, 9.17) is 5.73 Å². The lowest BCUT2D eigenvalue weighted by Crippen LogP contribution is -2.47. The number of hydrogen-bond donors (Lipinski definition) is 2. The van der Waals surface area contributed by atoms with E-state index < -0.39 is 9.84 Å². The van der Waals surface area contributed by atoms with E-state index in [-0.39, 0.29) is 11.8 Å². The van der Waals surface area contributed by atoms with Crippen LogP contribution in [0, 0.1) is 0 Å². The summed E-state index contributed by atoms with van der Waals surface area (Å²) in [6, 6.07) is 10.8. The van der Waals surface area contributed by atoms with Crippen molar-refractivity contribution in [2.75, 3.05) is 25.4 Å². The molecule has 2 aliphatic heterocycles. The fourth-order valence-corrected chi connectivity index (χ4v) is 5.53. The highest BCUT2D eigenvalue weighted by atomic mass is 32.2. The molecule has 0 radical (unpaired) electrons. The Hall–Kier alpha value is -1.60. The van der Waals surface area contributed by atoms with Crippen LogP contribution in [0.1, 0.15) is 37.7 Å². The molecule has 6 nitrogen and oxygen atoms in total. The highest BCUT2D eigenvalue weighted by molar-refractivity contribution is 7.92. The van der Waals surface area contributed by atoms with E-state index in [9.17, 15) is 8.42 Å². The van der Waals surface area contributed by atoms with E-state index in [1.54, 1.807) is 0 Å². The molecule has 1 aromatic rings. The van der Waals surface area contributed by atoms with Crippen molar-refractivity contribution in [3.8, 4) is 0 Å². The van der Waals surface area contributed by atoms with Gasteiger partial charge in [-0.2, -0.15) is 0 Å². The zero-order valence-electron chi connectivity index (χ0n) is 15.3. The van der Waals surface area contributed by atoms with Gasteiger partial charge in [0, 0.05) is 25.7 Å². The average Bonchev–Trinajstić information content (AvgIpc) is 2.63. The fraction of sp³-hybridized carbons (Fsp3) is 0.632. The molecule has 1 unspecified atom stereocenters. The van der Waals surface area contributed by atoms with Crippen LogP contribution in [0.15, 0.2) is 35.3 Å². The lowest BCUT2D eigenvalue weighted by molar-refractivity contribution is 0.199. The van der Waals surface area contributed by atoms with Crippen molar-refractivity contribution in [2.24, 2.45) is 10.7 Å². The van der Waals surface area contributed by atoms with E-state index >= 15 is 0 Å². The number of benzene rings is 1. The molecule has 3 rings (SSSR count). The number of sulfone groups is 1. The molecule has 0 aromatic heterocycles. The van der Waals surface area contributed by atoms with Crippen LogP contribution in [0.25, 0.3) is 0 Å². The van der Waals surface area contributed by atoms with Crippen LogP contribution in [0.2, 0.25) is 0 Å². The zero-order chi connectivity index (χ0) is 18.4. The molecule has 0 spiro atoms. The maximum absolute atomic E-state index is 12.0. The van der Waals surface area contributed by atoms with Gasteiger partial charge in [0.25, 0.3) is 0 Å². The highest BCUT2D eigenvalue weighted by Gasteiger charge is 2.28. The summed E-state index contributed by atoms with van der Waals surface area (Å²) in [5.41, 5.74) is 7.34. The number of hydrogen-bond acceptors (Lipinski definition) is 4. The number of piperidine rings is 1. The lowest BCUT2D eigenvalue weighted by Gasteiger charge is -2.32. The Bertz CT molecular complexity index is 698. The van der Waals surface area contributed by atoms with E-state index in [2.05, 4.69) is 39.5 Å². The largest absolute Gasteiger partial charge is 0.370 e. The van der Waals surface area contributed by atoms with Crippen LogP contribution in [0.4, 0.5) is 0 Å². The van der Waals surface area contributed by atoms with E-state index in [1.807, 2.05) is 6.07 Å². The molecule has 2 heterocycles. The molecule has 1 aromatic carbocycles. The molecular weight excluding hydrogens is 348 g/mol. The van der Waals surface area contributed by atoms with Crippen molar-refractivity contribution in [3.63, 3.8) is 0 Å². The van der Waals surface area contributed by atoms with Gasteiger partial charge in [-0.15, -0.1) is 0 Å². The molecule has 0 saturated carbocycles. The number of nitrogens with zero attached hydrogens (tertiary/aromatic N) is 2. The molecular formula is C19H30N4O2S. The molecule has 7 heteroatoms. The summed E-state index contributed by atoms with van der Waals surface area (Å²) < 4.78 is 24.1. The maximum Gasteiger partial charge on any atom is 0.188 e. The van der Waals surface area contributed by atoms with Crippen molar-refractivity contribution in [1.29, 1.82) is 0 Å². The van der Waals surface area contributed by atoms with Crippen LogP contribution >= 0.6 is 0 Å². The normalized spacial score (nSPS) is 25.1. The van der Waals surface area contributed by atoms with Gasteiger partial charge in [-0.25, -0.2) is 8.42 Å². The first-order chi connectivity index (χ1) is 12.5. The number of nitrogens with two attached hydrogens (primary N) is 1. The average molecular weight is 379 g/mol. The van der Waals surface area contributed by atoms with Crippen LogP contribution in [-0.4, -0.2) is 56.0 Å². The van der Waals surface area contributed by atoms with Crippen LogP contribution in [-0.2, 0) is 16.4 Å². The van der Waals surface area contributed by atoms with Crippen LogP contribution < -0.4 is 11.1 Å². The summed E-state index contributed by atoms with van der Waals surface area (Å²) >= 11 is 0. The van der Waals surface area contributed by atoms with Gasteiger partial charge < -0.3 is 11.1 Å². The predicted molar refractivity (Wildman–Crippen MR) is 106 cm³/mol. The molecule has 26 heavy (non-hydrogen) atoms. The van der Waals surface area contributed by atoms with E-state index in [0.717, 1.165) is 45.3 Å². The second kappa shape index (κ2) is 8.86. The Labute approximate surface area is 156 Å². The first-order valence-electron chi connectivity index (χ1n) is 9.57. The molecule has 0 aliphatic carbocycles. The van der Waals surface area contributed by atoms with Crippen molar-refractivity contribution >= 4 is 15.8 Å². The molecule has 3 N–H and O–H groups in total. The van der Waals surface area contributed by atoms with Gasteiger partial charge in [-0.1, -0.05) is 36.8 Å². The summed E-state index contributed by atoms with van der Waals surface area (Å²) in [5, 5.41) is 2.92. The highest BCUT2D eigenvalue weighted by Crippen LogP contribution is 2.19. The topological polar surface area (TPSA) is 87.8 Å². The molecule has 2 fully saturated rings. The Morgan fingerprint density at radius 1 is 1.15 bits per heavy atom. The van der Waals surface area contributed by atoms with Crippen LogP contribution in [0.3, 0.4) is 0 Å².